The maximum absolute atomic E-state index is 14.5. The van der Waals surface area contributed by atoms with Crippen LogP contribution in [-0.2, 0) is 6.18 Å². The molecule has 11 heteroatoms. The third kappa shape index (κ3) is 6.42. The third-order valence-electron chi connectivity index (χ3n) is 6.44. The molecule has 1 aliphatic carbocycles. The minimum atomic E-state index is -4.78. The van der Waals surface area contributed by atoms with Crippen LogP contribution in [-0.4, -0.2) is 33.6 Å². The number of pyridine rings is 2. The molecule has 1 aromatic carbocycles. The van der Waals surface area contributed by atoms with Gasteiger partial charge in [0.25, 0.3) is 5.91 Å². The van der Waals surface area contributed by atoms with Gasteiger partial charge in [0.15, 0.2) is 0 Å². The summed E-state index contributed by atoms with van der Waals surface area (Å²) in [5, 5.41) is 15.2. The lowest BCUT2D eigenvalue weighted by atomic mass is 9.84. The van der Waals surface area contributed by atoms with E-state index >= 15 is 0 Å². The van der Waals surface area contributed by atoms with Gasteiger partial charge in [0.2, 0.25) is 0 Å². The SMILES string of the molecule is C[C@H](O)CNC(=O)c1c(Nc2cc(-c3cc(Cl)ccc3F)ncc2C(F)(F)F)ccnc1C1CCCCC1. The molecule has 38 heavy (non-hydrogen) atoms. The maximum Gasteiger partial charge on any atom is 0.419 e. The van der Waals surface area contributed by atoms with Crippen molar-refractivity contribution in [3.05, 3.63) is 70.4 Å². The van der Waals surface area contributed by atoms with Crippen molar-refractivity contribution < 1.29 is 27.5 Å². The normalized spacial score (nSPS) is 15.2. The number of aromatic nitrogens is 2. The summed E-state index contributed by atoms with van der Waals surface area (Å²) in [6, 6.07) is 6.21. The molecular formula is C27H27ClF4N4O2. The topological polar surface area (TPSA) is 87.1 Å². The monoisotopic (exact) mass is 550 g/mol. The highest BCUT2D eigenvalue weighted by atomic mass is 35.5. The molecule has 0 bridgehead atoms. The molecule has 3 aromatic rings. The van der Waals surface area contributed by atoms with E-state index in [-0.39, 0.29) is 40.0 Å². The number of hydrogen-bond acceptors (Lipinski definition) is 5. The number of carbonyl (C=O) groups excluding carboxylic acids is 1. The highest BCUT2D eigenvalue weighted by molar-refractivity contribution is 6.30. The van der Waals surface area contributed by atoms with E-state index in [9.17, 15) is 27.5 Å². The summed E-state index contributed by atoms with van der Waals surface area (Å²) < 4.78 is 56.4. The number of amides is 1. The summed E-state index contributed by atoms with van der Waals surface area (Å²) in [6.07, 6.45) is 1.03. The summed E-state index contributed by atoms with van der Waals surface area (Å²) in [4.78, 5) is 21.6. The van der Waals surface area contributed by atoms with Gasteiger partial charge in [-0.2, -0.15) is 13.2 Å². The van der Waals surface area contributed by atoms with E-state index in [4.69, 9.17) is 11.6 Å². The Hall–Kier alpha value is -3.24. The molecule has 1 atom stereocenters. The molecule has 1 aliphatic rings. The van der Waals surface area contributed by atoms with E-state index in [1.54, 1.807) is 0 Å². The maximum atomic E-state index is 14.5. The van der Waals surface area contributed by atoms with Gasteiger partial charge in [-0.1, -0.05) is 30.9 Å². The average Bonchev–Trinajstić information content (AvgIpc) is 2.88. The van der Waals surface area contributed by atoms with Gasteiger partial charge >= 0.3 is 6.18 Å². The van der Waals surface area contributed by atoms with Crippen LogP contribution in [0.1, 0.15) is 66.6 Å². The van der Waals surface area contributed by atoms with Gasteiger partial charge < -0.3 is 15.7 Å². The molecule has 1 saturated carbocycles. The number of hydrogen-bond donors (Lipinski definition) is 3. The molecule has 6 nitrogen and oxygen atoms in total. The summed E-state index contributed by atoms with van der Waals surface area (Å²) in [5.41, 5.74) is -0.925. The molecular weight excluding hydrogens is 524 g/mol. The first kappa shape index (κ1) is 27.8. The fraction of sp³-hybridized carbons (Fsp3) is 0.370. The number of nitrogens with one attached hydrogen (secondary N) is 2. The molecule has 1 amide bonds. The van der Waals surface area contributed by atoms with E-state index in [0.29, 0.717) is 11.9 Å². The lowest BCUT2D eigenvalue weighted by Crippen LogP contribution is -2.32. The van der Waals surface area contributed by atoms with E-state index in [1.807, 2.05) is 0 Å². The molecule has 0 radical (unpaired) electrons. The largest absolute Gasteiger partial charge is 0.419 e. The predicted molar refractivity (Wildman–Crippen MR) is 137 cm³/mol. The van der Waals surface area contributed by atoms with Gasteiger partial charge in [0.1, 0.15) is 5.82 Å². The lowest BCUT2D eigenvalue weighted by Gasteiger charge is -2.25. The van der Waals surface area contributed by atoms with Crippen molar-refractivity contribution >= 4 is 28.9 Å². The van der Waals surface area contributed by atoms with E-state index in [1.165, 1.54) is 31.3 Å². The van der Waals surface area contributed by atoms with Crippen molar-refractivity contribution in [3.8, 4) is 11.3 Å². The number of rotatable bonds is 7. The fourth-order valence-electron chi connectivity index (χ4n) is 4.61. The molecule has 0 aliphatic heterocycles. The van der Waals surface area contributed by atoms with Crippen LogP contribution in [0.3, 0.4) is 0 Å². The minimum absolute atomic E-state index is 0.0338. The van der Waals surface area contributed by atoms with E-state index < -0.39 is 35.3 Å². The molecule has 4 rings (SSSR count). The van der Waals surface area contributed by atoms with Crippen molar-refractivity contribution in [1.29, 1.82) is 0 Å². The zero-order valence-corrected chi connectivity index (χ0v) is 21.3. The number of aliphatic hydroxyl groups is 1. The van der Waals surface area contributed by atoms with Crippen molar-refractivity contribution in [1.82, 2.24) is 15.3 Å². The summed E-state index contributed by atoms with van der Waals surface area (Å²) in [6.45, 7) is 1.46. The Balaban J connectivity index is 1.83. The van der Waals surface area contributed by atoms with E-state index in [2.05, 4.69) is 20.6 Å². The molecule has 202 valence electrons. The van der Waals surface area contributed by atoms with Crippen LogP contribution >= 0.6 is 11.6 Å². The Bertz CT molecular complexity index is 1310. The Morgan fingerprint density at radius 1 is 1.13 bits per heavy atom. The third-order valence-corrected chi connectivity index (χ3v) is 6.68. The summed E-state index contributed by atoms with van der Waals surface area (Å²) in [5.74, 6) is -1.30. The fourth-order valence-corrected chi connectivity index (χ4v) is 4.78. The number of benzene rings is 1. The number of halogens is 5. The van der Waals surface area contributed by atoms with Crippen LogP contribution in [0.2, 0.25) is 5.02 Å². The Morgan fingerprint density at radius 3 is 2.55 bits per heavy atom. The predicted octanol–water partition coefficient (Wildman–Crippen LogP) is 6.86. The zero-order chi connectivity index (χ0) is 27.4. The van der Waals surface area contributed by atoms with Gasteiger partial charge in [0, 0.05) is 35.4 Å². The van der Waals surface area contributed by atoms with Crippen LogP contribution < -0.4 is 10.6 Å². The minimum Gasteiger partial charge on any atom is -0.392 e. The first-order valence-electron chi connectivity index (χ1n) is 12.3. The average molecular weight is 551 g/mol. The first-order chi connectivity index (χ1) is 18.0. The summed E-state index contributed by atoms with van der Waals surface area (Å²) in [7, 11) is 0. The smallest absolute Gasteiger partial charge is 0.392 e. The van der Waals surface area contributed by atoms with Crippen LogP contribution in [0, 0.1) is 5.82 Å². The number of nitrogens with zero attached hydrogens (tertiary/aromatic N) is 2. The lowest BCUT2D eigenvalue weighted by molar-refractivity contribution is -0.137. The van der Waals surface area contributed by atoms with Crippen LogP contribution in [0.4, 0.5) is 28.9 Å². The molecule has 2 heterocycles. The molecule has 1 fully saturated rings. The standard InChI is InChI=1S/C27H27ClF4N4O2/c1-15(37)13-35-26(38)24-21(9-10-33-25(24)16-5-3-2-4-6-16)36-23-12-22(34-14-19(23)27(30,31)32)18-11-17(28)7-8-20(18)29/h7-12,14-16,37H,2-6,13H2,1H3,(H,35,38)(H,33,34,36)/t15-/m0/s1. The Kier molecular flexibility index (Phi) is 8.52. The quantitative estimate of drug-likeness (QED) is 0.280. The number of alkyl halides is 3. The van der Waals surface area contributed by atoms with Crippen molar-refractivity contribution in [2.24, 2.45) is 0 Å². The molecule has 0 spiro atoms. The van der Waals surface area contributed by atoms with Crippen molar-refractivity contribution in [2.45, 2.75) is 57.2 Å². The van der Waals surface area contributed by atoms with Crippen LogP contribution in [0.25, 0.3) is 11.3 Å². The summed E-state index contributed by atoms with van der Waals surface area (Å²) >= 11 is 5.98. The molecule has 2 aromatic heterocycles. The molecule has 3 N–H and O–H groups in total. The Labute approximate surface area is 222 Å². The highest BCUT2D eigenvalue weighted by Gasteiger charge is 2.35. The second-order valence-electron chi connectivity index (χ2n) is 9.37. The highest BCUT2D eigenvalue weighted by Crippen LogP contribution is 2.40. The van der Waals surface area contributed by atoms with Gasteiger partial charge in [-0.15, -0.1) is 0 Å². The van der Waals surface area contributed by atoms with Gasteiger partial charge in [-0.05, 0) is 50.1 Å². The second-order valence-corrected chi connectivity index (χ2v) is 9.81. The first-order valence-corrected chi connectivity index (χ1v) is 12.7. The van der Waals surface area contributed by atoms with Crippen LogP contribution in [0.5, 0.6) is 0 Å². The van der Waals surface area contributed by atoms with Gasteiger partial charge in [-0.3, -0.25) is 14.8 Å². The van der Waals surface area contributed by atoms with Gasteiger partial charge in [-0.25, -0.2) is 4.39 Å². The number of anilines is 2. The van der Waals surface area contributed by atoms with Gasteiger partial charge in [0.05, 0.1) is 40.0 Å². The van der Waals surface area contributed by atoms with Crippen molar-refractivity contribution in [3.63, 3.8) is 0 Å². The number of aliphatic hydroxyl groups excluding tert-OH is 1. The molecule has 0 saturated heterocycles. The van der Waals surface area contributed by atoms with E-state index in [0.717, 1.165) is 44.2 Å². The second kappa shape index (κ2) is 11.7. The molecule has 0 unspecified atom stereocenters. The zero-order valence-electron chi connectivity index (χ0n) is 20.6. The number of carbonyl (C=O) groups is 1. The Morgan fingerprint density at radius 2 is 1.87 bits per heavy atom. The van der Waals surface area contributed by atoms with Crippen molar-refractivity contribution in [2.75, 3.05) is 11.9 Å². The van der Waals surface area contributed by atoms with Crippen LogP contribution in [0.15, 0.2) is 42.7 Å².